The van der Waals surface area contributed by atoms with Crippen LogP contribution in [0.3, 0.4) is 0 Å². The predicted molar refractivity (Wildman–Crippen MR) is 99.6 cm³/mol. The molecular weight excluding hydrogens is 405 g/mol. The Bertz CT molecular complexity index is 978. The number of alkyl halides is 3. The summed E-state index contributed by atoms with van der Waals surface area (Å²) >= 11 is 0. The molecule has 2 heterocycles. The summed E-state index contributed by atoms with van der Waals surface area (Å²) in [7, 11) is 0. The molecule has 8 nitrogen and oxygen atoms in total. The van der Waals surface area contributed by atoms with E-state index in [2.05, 4.69) is 15.0 Å². The van der Waals surface area contributed by atoms with Crippen LogP contribution in [0, 0.1) is 0 Å². The number of anilines is 2. The fourth-order valence-corrected chi connectivity index (χ4v) is 2.99. The lowest BCUT2D eigenvalue weighted by Crippen LogP contribution is -2.33. The molecule has 1 aromatic carbocycles. The number of halogens is 3. The minimum Gasteiger partial charge on any atom is -0.406 e. The largest absolute Gasteiger partial charge is 0.573 e. The highest BCUT2D eigenvalue weighted by Crippen LogP contribution is 2.30. The Labute approximate surface area is 169 Å². The van der Waals surface area contributed by atoms with Gasteiger partial charge in [-0.2, -0.15) is 0 Å². The predicted octanol–water partition coefficient (Wildman–Crippen LogP) is 3.30. The first-order chi connectivity index (χ1) is 14.1. The van der Waals surface area contributed by atoms with Crippen molar-refractivity contribution in [2.24, 2.45) is 0 Å². The SMILES string of the molecule is CC(=O)Nc1cnccc1CN1C(=O)N(c2ccc(OC(F)(F)F)cc2)C(=O)C1C. The van der Waals surface area contributed by atoms with Gasteiger partial charge in [-0.3, -0.25) is 14.6 Å². The van der Waals surface area contributed by atoms with Gasteiger partial charge in [0.1, 0.15) is 11.8 Å². The first-order valence-corrected chi connectivity index (χ1v) is 8.77. The van der Waals surface area contributed by atoms with Crippen LogP contribution in [0.5, 0.6) is 5.75 Å². The molecule has 0 aliphatic carbocycles. The Balaban J connectivity index is 1.82. The van der Waals surface area contributed by atoms with Crippen molar-refractivity contribution in [3.63, 3.8) is 0 Å². The normalized spacial score (nSPS) is 16.8. The van der Waals surface area contributed by atoms with Crippen LogP contribution < -0.4 is 15.0 Å². The van der Waals surface area contributed by atoms with Crippen molar-refractivity contribution in [3.05, 3.63) is 48.3 Å². The van der Waals surface area contributed by atoms with E-state index in [9.17, 15) is 27.6 Å². The zero-order valence-electron chi connectivity index (χ0n) is 15.9. The molecule has 1 saturated heterocycles. The average molecular weight is 422 g/mol. The van der Waals surface area contributed by atoms with E-state index in [0.717, 1.165) is 17.0 Å². The molecule has 4 amide bonds. The molecular formula is C19H17F3N4O4. The number of nitrogens with zero attached hydrogens (tertiary/aromatic N) is 3. The lowest BCUT2D eigenvalue weighted by Gasteiger charge is -2.21. The Morgan fingerprint density at radius 1 is 1.20 bits per heavy atom. The molecule has 11 heteroatoms. The molecule has 1 unspecified atom stereocenters. The fourth-order valence-electron chi connectivity index (χ4n) is 2.99. The summed E-state index contributed by atoms with van der Waals surface area (Å²) in [6.07, 6.45) is -1.92. The van der Waals surface area contributed by atoms with Crippen LogP contribution in [0.2, 0.25) is 0 Å². The van der Waals surface area contributed by atoms with Crippen molar-refractivity contribution in [1.29, 1.82) is 0 Å². The van der Waals surface area contributed by atoms with E-state index in [-0.39, 0.29) is 18.1 Å². The van der Waals surface area contributed by atoms with Crippen molar-refractivity contribution in [1.82, 2.24) is 9.88 Å². The summed E-state index contributed by atoms with van der Waals surface area (Å²) in [6.45, 7) is 2.90. The number of nitrogens with one attached hydrogen (secondary N) is 1. The number of amides is 4. The van der Waals surface area contributed by atoms with Crippen LogP contribution in [-0.2, 0) is 16.1 Å². The van der Waals surface area contributed by atoms with E-state index in [0.29, 0.717) is 11.3 Å². The molecule has 0 bridgehead atoms. The molecule has 1 aromatic heterocycles. The zero-order chi connectivity index (χ0) is 22.1. The smallest absolute Gasteiger partial charge is 0.406 e. The second kappa shape index (κ2) is 8.01. The number of pyridine rings is 1. The van der Waals surface area contributed by atoms with E-state index in [1.165, 1.54) is 36.4 Å². The van der Waals surface area contributed by atoms with Gasteiger partial charge in [-0.15, -0.1) is 13.2 Å². The summed E-state index contributed by atoms with van der Waals surface area (Å²) in [5.74, 6) is -1.31. The maximum absolute atomic E-state index is 12.9. The van der Waals surface area contributed by atoms with Crippen LogP contribution in [0.4, 0.5) is 29.3 Å². The molecule has 0 spiro atoms. The third-order valence-corrected chi connectivity index (χ3v) is 4.37. The summed E-state index contributed by atoms with van der Waals surface area (Å²) in [5, 5.41) is 2.61. The Kier molecular flexibility index (Phi) is 5.63. The van der Waals surface area contributed by atoms with Gasteiger partial charge in [0, 0.05) is 13.1 Å². The number of rotatable bonds is 5. The van der Waals surface area contributed by atoms with Gasteiger partial charge in [0.25, 0.3) is 5.91 Å². The number of urea groups is 1. The van der Waals surface area contributed by atoms with Crippen LogP contribution in [-0.4, -0.2) is 40.1 Å². The van der Waals surface area contributed by atoms with Gasteiger partial charge < -0.3 is 15.0 Å². The van der Waals surface area contributed by atoms with Gasteiger partial charge in [-0.1, -0.05) is 0 Å². The molecule has 0 saturated carbocycles. The third kappa shape index (κ3) is 4.50. The molecule has 1 N–H and O–H groups in total. The molecule has 2 aromatic rings. The molecule has 30 heavy (non-hydrogen) atoms. The van der Waals surface area contributed by atoms with E-state index < -0.39 is 30.1 Å². The molecule has 1 atom stereocenters. The topological polar surface area (TPSA) is 91.8 Å². The standard InChI is InChI=1S/C19H17F3N4O4/c1-11-17(28)26(14-3-5-15(6-4-14)30-19(20,21)22)18(29)25(11)10-13-7-8-23-9-16(13)24-12(2)27/h3-9,11H,10H2,1-2H3,(H,24,27). The second-order valence-corrected chi connectivity index (χ2v) is 6.52. The number of carbonyl (C=O) groups is 3. The van der Waals surface area contributed by atoms with Gasteiger partial charge in [0.2, 0.25) is 5.91 Å². The molecule has 1 fully saturated rings. The van der Waals surface area contributed by atoms with Crippen molar-refractivity contribution in [2.75, 3.05) is 10.2 Å². The van der Waals surface area contributed by atoms with Crippen molar-refractivity contribution < 1.29 is 32.3 Å². The highest BCUT2D eigenvalue weighted by Gasteiger charge is 2.43. The summed E-state index contributed by atoms with van der Waals surface area (Å²) < 4.78 is 40.7. The number of imide groups is 1. The highest BCUT2D eigenvalue weighted by molar-refractivity contribution is 6.21. The zero-order valence-corrected chi connectivity index (χ0v) is 15.9. The third-order valence-electron chi connectivity index (χ3n) is 4.37. The van der Waals surface area contributed by atoms with Gasteiger partial charge in [0.15, 0.2) is 0 Å². The van der Waals surface area contributed by atoms with E-state index in [1.54, 1.807) is 13.0 Å². The number of carbonyl (C=O) groups excluding carboxylic acids is 3. The quantitative estimate of drug-likeness (QED) is 0.747. The number of aromatic nitrogens is 1. The van der Waals surface area contributed by atoms with Crippen molar-refractivity contribution in [3.8, 4) is 5.75 Å². The van der Waals surface area contributed by atoms with Gasteiger partial charge in [0.05, 0.1) is 24.1 Å². The second-order valence-electron chi connectivity index (χ2n) is 6.52. The summed E-state index contributed by atoms with van der Waals surface area (Å²) in [6, 6.07) is 4.60. The Hall–Kier alpha value is -3.63. The van der Waals surface area contributed by atoms with Crippen LogP contribution in [0.15, 0.2) is 42.7 Å². The maximum Gasteiger partial charge on any atom is 0.573 e. The first-order valence-electron chi connectivity index (χ1n) is 8.77. The van der Waals surface area contributed by atoms with Gasteiger partial charge in [-0.05, 0) is 42.8 Å². The lowest BCUT2D eigenvalue weighted by atomic mass is 10.2. The van der Waals surface area contributed by atoms with Gasteiger partial charge >= 0.3 is 12.4 Å². The number of benzene rings is 1. The lowest BCUT2D eigenvalue weighted by molar-refractivity contribution is -0.274. The number of ether oxygens (including phenoxy) is 1. The summed E-state index contributed by atoms with van der Waals surface area (Å²) in [5.41, 5.74) is 1.10. The molecule has 1 aliphatic heterocycles. The average Bonchev–Trinajstić information content (AvgIpc) is 2.86. The molecule has 3 rings (SSSR count). The first kappa shape index (κ1) is 21.1. The Morgan fingerprint density at radius 2 is 1.87 bits per heavy atom. The maximum atomic E-state index is 12.9. The minimum atomic E-state index is -4.84. The Morgan fingerprint density at radius 3 is 2.47 bits per heavy atom. The molecule has 1 aliphatic rings. The van der Waals surface area contributed by atoms with Gasteiger partial charge in [-0.25, -0.2) is 9.69 Å². The number of hydrogen-bond donors (Lipinski definition) is 1. The molecule has 0 radical (unpaired) electrons. The molecule has 158 valence electrons. The van der Waals surface area contributed by atoms with Crippen molar-refractivity contribution >= 4 is 29.2 Å². The van der Waals surface area contributed by atoms with E-state index in [1.807, 2.05) is 0 Å². The monoisotopic (exact) mass is 422 g/mol. The number of hydrogen-bond acceptors (Lipinski definition) is 5. The fraction of sp³-hybridized carbons (Fsp3) is 0.263. The van der Waals surface area contributed by atoms with Crippen molar-refractivity contribution in [2.45, 2.75) is 32.8 Å². The van der Waals surface area contributed by atoms with E-state index >= 15 is 0 Å². The van der Waals surface area contributed by atoms with E-state index in [4.69, 9.17) is 0 Å². The summed E-state index contributed by atoms with van der Waals surface area (Å²) in [4.78, 5) is 43.1. The van der Waals surface area contributed by atoms with Crippen LogP contribution in [0.25, 0.3) is 0 Å². The van der Waals surface area contributed by atoms with Crippen LogP contribution >= 0.6 is 0 Å². The minimum absolute atomic E-state index is 0.0235. The van der Waals surface area contributed by atoms with Crippen LogP contribution in [0.1, 0.15) is 19.4 Å². The highest BCUT2D eigenvalue weighted by atomic mass is 19.4.